The summed E-state index contributed by atoms with van der Waals surface area (Å²) >= 11 is 1.26. The smallest absolute Gasteiger partial charge is 0.346 e. The van der Waals surface area contributed by atoms with Crippen molar-refractivity contribution in [1.29, 1.82) is 0 Å². The molecule has 0 bridgehead atoms. The Morgan fingerprint density at radius 2 is 2.24 bits per heavy atom. The molecule has 2 aromatic rings. The summed E-state index contributed by atoms with van der Waals surface area (Å²) in [4.78, 5) is 11.3. The molecule has 2 rings (SSSR count). The molecule has 0 aliphatic rings. The Morgan fingerprint density at radius 1 is 1.41 bits per heavy atom. The third kappa shape index (κ3) is 2.85. The minimum atomic E-state index is -0.860. The highest BCUT2D eigenvalue weighted by atomic mass is 32.1. The van der Waals surface area contributed by atoms with Crippen molar-refractivity contribution in [2.75, 3.05) is 5.32 Å². The minimum absolute atomic E-state index is 0.408. The van der Waals surface area contributed by atoms with Crippen LogP contribution < -0.4 is 5.32 Å². The fourth-order valence-corrected chi connectivity index (χ4v) is 2.38. The molecule has 0 atom stereocenters. The number of aromatic carboxylic acids is 1. The Morgan fingerprint density at radius 3 is 2.94 bits per heavy atom. The predicted octanol–water partition coefficient (Wildman–Crippen LogP) is 3.37. The molecule has 0 saturated carbocycles. The van der Waals surface area contributed by atoms with Crippen molar-refractivity contribution in [2.45, 2.75) is 13.5 Å². The number of carbonyl (C=O) groups is 1. The van der Waals surface area contributed by atoms with E-state index in [0.29, 0.717) is 11.4 Å². The lowest BCUT2D eigenvalue weighted by Gasteiger charge is -2.06. The molecule has 1 aromatic heterocycles. The standard InChI is InChI=1S/C13H13NO2S/c1-9-3-2-4-11(7-9)14-8-10-5-6-17-12(10)13(15)16/h2-7,14H,8H2,1H3,(H,15,16). The van der Waals surface area contributed by atoms with Crippen LogP contribution in [0.5, 0.6) is 0 Å². The summed E-state index contributed by atoms with van der Waals surface area (Å²) in [5.74, 6) is -0.860. The summed E-state index contributed by atoms with van der Waals surface area (Å²) in [5.41, 5.74) is 3.01. The third-order valence-electron chi connectivity index (χ3n) is 2.44. The van der Waals surface area contributed by atoms with Crippen molar-refractivity contribution in [3.63, 3.8) is 0 Å². The molecule has 0 amide bonds. The van der Waals surface area contributed by atoms with Gasteiger partial charge in [0.05, 0.1) is 0 Å². The molecule has 0 saturated heterocycles. The molecule has 88 valence electrons. The normalized spacial score (nSPS) is 10.2. The Kier molecular flexibility index (Phi) is 3.44. The van der Waals surface area contributed by atoms with Crippen LogP contribution in [-0.4, -0.2) is 11.1 Å². The summed E-state index contributed by atoms with van der Waals surface area (Å²) in [6, 6.07) is 9.85. The molecule has 4 heteroatoms. The first-order valence-electron chi connectivity index (χ1n) is 5.27. The number of hydrogen-bond acceptors (Lipinski definition) is 3. The van der Waals surface area contributed by atoms with Gasteiger partial charge < -0.3 is 10.4 Å². The van der Waals surface area contributed by atoms with Crippen LogP contribution in [0, 0.1) is 6.92 Å². The molecular formula is C13H13NO2S. The number of thiophene rings is 1. The van der Waals surface area contributed by atoms with E-state index in [2.05, 4.69) is 5.32 Å². The van der Waals surface area contributed by atoms with E-state index in [4.69, 9.17) is 5.11 Å². The molecular weight excluding hydrogens is 234 g/mol. The van der Waals surface area contributed by atoms with Gasteiger partial charge in [-0.2, -0.15) is 0 Å². The maximum Gasteiger partial charge on any atom is 0.346 e. The van der Waals surface area contributed by atoms with E-state index in [1.165, 1.54) is 16.9 Å². The van der Waals surface area contributed by atoms with Crippen molar-refractivity contribution in [2.24, 2.45) is 0 Å². The van der Waals surface area contributed by atoms with E-state index in [1.54, 1.807) is 5.38 Å². The Labute approximate surface area is 104 Å². The van der Waals surface area contributed by atoms with Crippen molar-refractivity contribution < 1.29 is 9.90 Å². The molecule has 3 nitrogen and oxygen atoms in total. The van der Waals surface area contributed by atoms with Gasteiger partial charge in [0.25, 0.3) is 0 Å². The number of carboxylic acid groups (broad SMARTS) is 1. The zero-order valence-corrected chi connectivity index (χ0v) is 10.3. The first-order chi connectivity index (χ1) is 8.16. The highest BCUT2D eigenvalue weighted by Gasteiger charge is 2.10. The molecule has 17 heavy (non-hydrogen) atoms. The van der Waals surface area contributed by atoms with Crippen LogP contribution in [0.1, 0.15) is 20.8 Å². The van der Waals surface area contributed by atoms with Crippen LogP contribution in [0.4, 0.5) is 5.69 Å². The molecule has 0 unspecified atom stereocenters. The molecule has 0 radical (unpaired) electrons. The third-order valence-corrected chi connectivity index (χ3v) is 3.39. The highest BCUT2D eigenvalue weighted by Crippen LogP contribution is 2.18. The summed E-state index contributed by atoms with van der Waals surface area (Å²) in [6.07, 6.45) is 0. The van der Waals surface area contributed by atoms with Gasteiger partial charge >= 0.3 is 5.97 Å². The van der Waals surface area contributed by atoms with Gasteiger partial charge in [0.1, 0.15) is 4.88 Å². The first kappa shape index (κ1) is 11.7. The molecule has 2 N–H and O–H groups in total. The van der Waals surface area contributed by atoms with E-state index >= 15 is 0 Å². The molecule has 0 aliphatic heterocycles. The number of carboxylic acids is 1. The average molecular weight is 247 g/mol. The summed E-state index contributed by atoms with van der Waals surface area (Å²) in [7, 11) is 0. The van der Waals surface area contributed by atoms with E-state index in [9.17, 15) is 4.79 Å². The van der Waals surface area contributed by atoms with Crippen molar-refractivity contribution >= 4 is 23.0 Å². The van der Waals surface area contributed by atoms with Gasteiger partial charge in [0, 0.05) is 12.2 Å². The molecule has 0 fully saturated rings. The quantitative estimate of drug-likeness (QED) is 0.871. The minimum Gasteiger partial charge on any atom is -0.477 e. The van der Waals surface area contributed by atoms with Gasteiger partial charge in [-0.15, -0.1) is 11.3 Å². The summed E-state index contributed by atoms with van der Waals surface area (Å²) < 4.78 is 0. The maximum absolute atomic E-state index is 10.9. The number of hydrogen-bond donors (Lipinski definition) is 2. The second-order valence-corrected chi connectivity index (χ2v) is 4.72. The van der Waals surface area contributed by atoms with Crippen LogP contribution in [0.3, 0.4) is 0 Å². The monoisotopic (exact) mass is 247 g/mol. The lowest BCUT2D eigenvalue weighted by Crippen LogP contribution is -2.03. The Hall–Kier alpha value is -1.81. The lowest BCUT2D eigenvalue weighted by atomic mass is 10.2. The number of nitrogens with one attached hydrogen (secondary N) is 1. The van der Waals surface area contributed by atoms with Crippen molar-refractivity contribution in [1.82, 2.24) is 0 Å². The van der Waals surface area contributed by atoms with Crippen LogP contribution in [0.25, 0.3) is 0 Å². The van der Waals surface area contributed by atoms with Gasteiger partial charge in [0.15, 0.2) is 0 Å². The van der Waals surface area contributed by atoms with Crippen LogP contribution >= 0.6 is 11.3 Å². The van der Waals surface area contributed by atoms with E-state index in [0.717, 1.165) is 11.3 Å². The largest absolute Gasteiger partial charge is 0.477 e. The first-order valence-corrected chi connectivity index (χ1v) is 6.15. The Bertz CT molecular complexity index is 534. The summed E-state index contributed by atoms with van der Waals surface area (Å²) in [6.45, 7) is 2.56. The number of rotatable bonds is 4. The van der Waals surface area contributed by atoms with E-state index < -0.39 is 5.97 Å². The Balaban J connectivity index is 2.07. The second-order valence-electron chi connectivity index (χ2n) is 3.80. The molecule has 1 heterocycles. The van der Waals surface area contributed by atoms with Crippen LogP contribution in [0.2, 0.25) is 0 Å². The number of benzene rings is 1. The summed E-state index contributed by atoms with van der Waals surface area (Å²) in [5, 5.41) is 14.0. The van der Waals surface area contributed by atoms with Crippen LogP contribution in [-0.2, 0) is 6.54 Å². The maximum atomic E-state index is 10.9. The molecule has 0 aliphatic carbocycles. The lowest BCUT2D eigenvalue weighted by molar-refractivity contribution is 0.0701. The average Bonchev–Trinajstić information content (AvgIpc) is 2.74. The van der Waals surface area contributed by atoms with Crippen molar-refractivity contribution in [3.8, 4) is 0 Å². The van der Waals surface area contributed by atoms with Gasteiger partial charge in [-0.3, -0.25) is 0 Å². The second kappa shape index (κ2) is 5.01. The predicted molar refractivity (Wildman–Crippen MR) is 69.8 cm³/mol. The topological polar surface area (TPSA) is 49.3 Å². The number of aryl methyl sites for hydroxylation is 1. The van der Waals surface area contributed by atoms with Crippen LogP contribution in [0.15, 0.2) is 35.7 Å². The molecule has 1 aromatic carbocycles. The van der Waals surface area contributed by atoms with Gasteiger partial charge in [0.2, 0.25) is 0 Å². The van der Waals surface area contributed by atoms with Gasteiger partial charge in [-0.25, -0.2) is 4.79 Å². The zero-order valence-electron chi connectivity index (χ0n) is 9.43. The highest BCUT2D eigenvalue weighted by molar-refractivity contribution is 7.12. The SMILES string of the molecule is Cc1cccc(NCc2ccsc2C(=O)O)c1. The fourth-order valence-electron chi connectivity index (χ4n) is 1.61. The zero-order chi connectivity index (χ0) is 12.3. The van der Waals surface area contributed by atoms with Gasteiger partial charge in [-0.05, 0) is 41.6 Å². The fraction of sp³-hybridized carbons (Fsp3) is 0.154. The van der Waals surface area contributed by atoms with Gasteiger partial charge in [-0.1, -0.05) is 12.1 Å². The van der Waals surface area contributed by atoms with E-state index in [-0.39, 0.29) is 0 Å². The van der Waals surface area contributed by atoms with Crippen molar-refractivity contribution in [3.05, 3.63) is 51.7 Å². The molecule has 0 spiro atoms. The number of anilines is 1. The van der Waals surface area contributed by atoms with E-state index in [1.807, 2.05) is 37.3 Å².